The molecule has 0 spiro atoms. The van der Waals surface area contributed by atoms with E-state index in [0.717, 1.165) is 11.1 Å². The predicted molar refractivity (Wildman–Crippen MR) is 201 cm³/mol. The number of phenolic OH excluding ortho intramolecular Hbond substituents is 1. The molecular weight excluding hydrogens is 695 g/mol. The molecule has 16 heteroatoms. The van der Waals surface area contributed by atoms with E-state index in [1.54, 1.807) is 43.4 Å². The first-order valence-electron chi connectivity index (χ1n) is 17.3. The fourth-order valence-corrected chi connectivity index (χ4v) is 5.53. The van der Waals surface area contributed by atoms with Crippen molar-refractivity contribution in [3.8, 4) is 17.2 Å². The monoisotopic (exact) mass is 744 g/mol. The van der Waals surface area contributed by atoms with E-state index < -0.39 is 54.8 Å². The van der Waals surface area contributed by atoms with Crippen LogP contribution in [0.25, 0.3) is 0 Å². The molecule has 0 bridgehead atoms. The Morgan fingerprint density at radius 1 is 0.741 bits per heavy atom. The summed E-state index contributed by atoms with van der Waals surface area (Å²) in [6.07, 6.45) is 0.758. The van der Waals surface area contributed by atoms with E-state index in [4.69, 9.17) is 9.47 Å². The number of likely N-dealkylation sites (N-methyl/N-ethyl adjacent to an activating group) is 3. The van der Waals surface area contributed by atoms with E-state index in [2.05, 4.69) is 15.9 Å². The maximum absolute atomic E-state index is 13.9. The van der Waals surface area contributed by atoms with Crippen LogP contribution in [0.4, 0.5) is 0 Å². The number of methoxy groups -OCH3 is 2. The van der Waals surface area contributed by atoms with Crippen LogP contribution >= 0.6 is 0 Å². The van der Waals surface area contributed by atoms with Crippen LogP contribution in [0.1, 0.15) is 23.6 Å². The van der Waals surface area contributed by atoms with Crippen molar-refractivity contribution in [2.24, 2.45) is 0 Å². The van der Waals surface area contributed by atoms with Crippen LogP contribution in [-0.2, 0) is 47.9 Å². The normalized spacial score (nSPS) is 12.2. The molecular formula is C38H49BN6O9. The van der Waals surface area contributed by atoms with Gasteiger partial charge in [0.25, 0.3) is 0 Å². The quantitative estimate of drug-likeness (QED) is 0.120. The summed E-state index contributed by atoms with van der Waals surface area (Å²) in [5.41, 5.74) is 2.38. The molecule has 0 aliphatic carbocycles. The van der Waals surface area contributed by atoms with Gasteiger partial charge in [0.05, 0.1) is 14.2 Å². The number of carbonyl (C=O) groups is 5. The van der Waals surface area contributed by atoms with Crippen LogP contribution < -0.4 is 25.3 Å². The molecule has 0 aliphatic heterocycles. The summed E-state index contributed by atoms with van der Waals surface area (Å²) in [5.74, 6) is -1.70. The van der Waals surface area contributed by atoms with Crippen LogP contribution in [-0.4, -0.2) is 130 Å². The molecule has 0 saturated heterocycles. The van der Waals surface area contributed by atoms with E-state index in [1.165, 1.54) is 56.0 Å². The van der Waals surface area contributed by atoms with Crippen molar-refractivity contribution in [3.63, 3.8) is 0 Å². The molecule has 0 fully saturated rings. The average Bonchev–Trinajstić information content (AvgIpc) is 3.19. The molecule has 0 radical (unpaired) electrons. The maximum atomic E-state index is 13.9. The topological polar surface area (TPSA) is 187 Å². The van der Waals surface area contributed by atoms with Gasteiger partial charge in [-0.3, -0.25) is 9.59 Å². The van der Waals surface area contributed by atoms with Crippen molar-refractivity contribution in [1.82, 2.24) is 30.6 Å². The van der Waals surface area contributed by atoms with E-state index in [-0.39, 0.29) is 24.5 Å². The second kappa shape index (κ2) is 20.9. The molecule has 3 atom stereocenters. The number of benzene rings is 3. The van der Waals surface area contributed by atoms with Crippen molar-refractivity contribution >= 4 is 36.8 Å². The van der Waals surface area contributed by atoms with Crippen molar-refractivity contribution in [2.45, 2.75) is 44.3 Å². The number of hydrogen-bond donors (Lipinski definition) is 4. The van der Waals surface area contributed by atoms with Gasteiger partial charge < -0.3 is 24.4 Å². The van der Waals surface area contributed by atoms with Gasteiger partial charge in [-0.15, -0.1) is 0 Å². The number of aromatic hydroxyl groups is 1. The Kier molecular flexibility index (Phi) is 16.5. The minimum absolute atomic E-state index is 0.00877. The Bertz CT molecular complexity index is 1740. The average molecular weight is 745 g/mol. The summed E-state index contributed by atoms with van der Waals surface area (Å²) in [6, 6.07) is 18.3. The molecule has 0 heterocycles. The van der Waals surface area contributed by atoms with Crippen molar-refractivity contribution in [1.29, 1.82) is 0 Å². The first-order valence-corrected chi connectivity index (χ1v) is 17.3. The first-order chi connectivity index (χ1) is 25.8. The molecule has 288 valence electrons. The number of carbonyl (C=O) groups excluding carboxylic acids is 5. The second-order valence-corrected chi connectivity index (χ2v) is 12.7. The summed E-state index contributed by atoms with van der Waals surface area (Å²) in [4.78, 5) is 70.8. The number of rotatable bonds is 20. The fraction of sp³-hybridized carbons (Fsp3) is 0.395. The van der Waals surface area contributed by atoms with Gasteiger partial charge in [0.1, 0.15) is 11.8 Å². The Balaban J connectivity index is 1.75. The summed E-state index contributed by atoms with van der Waals surface area (Å²) >= 11 is 0. The summed E-state index contributed by atoms with van der Waals surface area (Å²) < 4.78 is 21.1. The Morgan fingerprint density at radius 3 is 1.89 bits per heavy atom. The van der Waals surface area contributed by atoms with Gasteiger partial charge >= 0.3 is 146 Å². The SMILES string of the molecule is COc1ccc(C[C@@H](C(=O)NCC(=O)N(C)[C@@H](Cc2ccccc2)C(=O)N(C)CCc2ccc(O)c(OC)c2)N(C)C(=O)CNC(=O)C(C)NB=O)cc1. The van der Waals surface area contributed by atoms with E-state index in [9.17, 15) is 33.8 Å². The molecule has 4 N–H and O–H groups in total. The van der Waals surface area contributed by atoms with Gasteiger partial charge in [-0.2, -0.15) is 0 Å². The van der Waals surface area contributed by atoms with Gasteiger partial charge in [0.15, 0.2) is 11.5 Å². The molecule has 0 aliphatic rings. The van der Waals surface area contributed by atoms with Gasteiger partial charge in [-0.25, -0.2) is 0 Å². The zero-order valence-corrected chi connectivity index (χ0v) is 31.5. The molecule has 3 aromatic rings. The van der Waals surface area contributed by atoms with Gasteiger partial charge in [-0.05, 0) is 29.7 Å². The number of amides is 5. The Labute approximate surface area is 316 Å². The van der Waals surface area contributed by atoms with Crippen molar-refractivity contribution in [2.75, 3.05) is 55.0 Å². The van der Waals surface area contributed by atoms with Crippen LogP contribution in [0.3, 0.4) is 0 Å². The molecule has 5 amide bonds. The molecule has 0 aromatic heterocycles. The van der Waals surface area contributed by atoms with Gasteiger partial charge in [-0.1, -0.05) is 36.4 Å². The number of phenols is 1. The first kappa shape index (κ1) is 42.5. The van der Waals surface area contributed by atoms with Crippen molar-refractivity contribution < 1.29 is 43.3 Å². The number of ether oxygens (including phenoxy) is 2. The van der Waals surface area contributed by atoms with Crippen molar-refractivity contribution in [3.05, 3.63) is 89.5 Å². The third-order valence-corrected chi connectivity index (χ3v) is 9.06. The molecule has 3 rings (SSSR count). The van der Waals surface area contributed by atoms with E-state index in [1.807, 2.05) is 30.3 Å². The summed E-state index contributed by atoms with van der Waals surface area (Å²) in [7, 11) is 7.93. The van der Waals surface area contributed by atoms with Crippen LogP contribution in [0.15, 0.2) is 72.8 Å². The third kappa shape index (κ3) is 12.3. The molecule has 3 aromatic carbocycles. The summed E-state index contributed by atoms with van der Waals surface area (Å²) in [6.45, 7) is 0.873. The van der Waals surface area contributed by atoms with Gasteiger partial charge in [0.2, 0.25) is 5.91 Å². The minimum atomic E-state index is -1.09. The van der Waals surface area contributed by atoms with E-state index in [0.29, 0.717) is 37.3 Å². The fourth-order valence-electron chi connectivity index (χ4n) is 5.53. The third-order valence-electron chi connectivity index (χ3n) is 9.06. The predicted octanol–water partition coefficient (Wildman–Crippen LogP) is 0.725. The zero-order chi connectivity index (χ0) is 39.8. The van der Waals surface area contributed by atoms with E-state index >= 15 is 0 Å². The van der Waals surface area contributed by atoms with Crippen LogP contribution in [0.2, 0.25) is 0 Å². The zero-order valence-electron chi connectivity index (χ0n) is 31.5. The molecule has 15 nitrogen and oxygen atoms in total. The standard InChI is InChI=1S/C38H49BN6O9/c1-25(42-39-52)36(49)40-23-34(47)44(3)30(20-27-12-15-29(53-5)16-13-27)37(50)41-24-35(48)45(4)31(21-26-10-8-7-9-11-26)38(51)43(2)19-18-28-14-17-32(46)33(22-28)54-6/h7-17,22,25,30-31,42,46H,18-21,23-24H2,1-6H3,(H,40,49)(H,41,50)/t25?,30-,31-/m0/s1. The van der Waals surface area contributed by atoms with Crippen LogP contribution in [0.5, 0.6) is 17.2 Å². The number of hydrogen-bond acceptors (Lipinski definition) is 9. The second-order valence-electron chi connectivity index (χ2n) is 12.7. The van der Waals surface area contributed by atoms with Crippen LogP contribution in [0, 0.1) is 0 Å². The Morgan fingerprint density at radius 2 is 1.30 bits per heavy atom. The molecule has 1 unspecified atom stereocenters. The van der Waals surface area contributed by atoms with Gasteiger partial charge in [0, 0.05) is 27.1 Å². The number of nitrogens with zero attached hydrogens (tertiary/aromatic N) is 3. The Hall–Kier alpha value is -5.93. The number of nitrogens with one attached hydrogen (secondary N) is 3. The molecule has 0 saturated carbocycles. The summed E-state index contributed by atoms with van der Waals surface area (Å²) in [5, 5.41) is 17.3. The molecule has 54 heavy (non-hydrogen) atoms.